The molecule has 1 aliphatic heterocycles. The molecule has 3 rings (SSSR count). The van der Waals surface area contributed by atoms with Gasteiger partial charge in [0.1, 0.15) is 0 Å². The number of hydrogen-bond acceptors (Lipinski definition) is 6. The summed E-state index contributed by atoms with van der Waals surface area (Å²) in [7, 11) is 3.71. The van der Waals surface area contributed by atoms with Crippen LogP contribution in [0.1, 0.15) is 23.3 Å². The topological polar surface area (TPSA) is 80.0 Å². The molecule has 1 fully saturated rings. The van der Waals surface area contributed by atoms with Crippen molar-refractivity contribution in [2.24, 2.45) is 7.05 Å². The second-order valence-corrected chi connectivity index (χ2v) is 6.05. The van der Waals surface area contributed by atoms with Crippen LogP contribution in [0, 0.1) is 0 Å². The van der Waals surface area contributed by atoms with Crippen molar-refractivity contribution in [2.45, 2.75) is 18.9 Å². The van der Waals surface area contributed by atoms with Gasteiger partial charge in [0.15, 0.2) is 5.69 Å². The fourth-order valence-corrected chi connectivity index (χ4v) is 2.81. The first-order valence-electron chi connectivity index (χ1n) is 7.40. The van der Waals surface area contributed by atoms with Gasteiger partial charge in [-0.2, -0.15) is 0 Å². The summed E-state index contributed by atoms with van der Waals surface area (Å²) in [6, 6.07) is 0.294. The van der Waals surface area contributed by atoms with Crippen LogP contribution in [0.3, 0.4) is 0 Å². The Morgan fingerprint density at radius 3 is 2.52 bits per heavy atom. The van der Waals surface area contributed by atoms with E-state index in [2.05, 4.69) is 20.3 Å². The average Bonchev–Trinajstić information content (AvgIpc) is 3.01. The number of aromatic nitrogens is 5. The van der Waals surface area contributed by atoms with Crippen LogP contribution in [0.5, 0.6) is 0 Å². The molecule has 0 aliphatic carbocycles. The third-order valence-electron chi connectivity index (χ3n) is 4.04. The molecule has 0 spiro atoms. The van der Waals surface area contributed by atoms with Crippen molar-refractivity contribution in [1.82, 2.24) is 29.9 Å². The van der Waals surface area contributed by atoms with E-state index < -0.39 is 0 Å². The molecular formula is C14H18ClN7O. The second-order valence-electron chi connectivity index (χ2n) is 5.61. The van der Waals surface area contributed by atoms with E-state index in [-0.39, 0.29) is 5.91 Å². The van der Waals surface area contributed by atoms with Crippen LogP contribution in [-0.2, 0) is 7.05 Å². The third-order valence-corrected chi connectivity index (χ3v) is 4.24. The van der Waals surface area contributed by atoms with E-state index in [0.29, 0.717) is 35.8 Å². The normalized spacial score (nSPS) is 15.7. The zero-order valence-electron chi connectivity index (χ0n) is 13.1. The molecule has 8 nitrogen and oxygen atoms in total. The van der Waals surface area contributed by atoms with Gasteiger partial charge < -0.3 is 9.80 Å². The maximum absolute atomic E-state index is 12.4. The molecule has 0 aromatic carbocycles. The Morgan fingerprint density at radius 1 is 1.30 bits per heavy atom. The standard InChI is InChI=1S/C14H18ClN7O/c1-20-9-12(18-19-20)13(23)22-5-3-11(4-6-22)21(2)14-16-7-10(15)8-17-14/h7-9,11H,3-6H2,1-2H3. The van der Waals surface area contributed by atoms with E-state index in [1.807, 2.05) is 16.8 Å². The van der Waals surface area contributed by atoms with Gasteiger partial charge in [0.2, 0.25) is 5.95 Å². The van der Waals surface area contributed by atoms with Crippen LogP contribution in [-0.4, -0.2) is 61.9 Å². The molecule has 3 heterocycles. The highest BCUT2D eigenvalue weighted by Crippen LogP contribution is 2.20. The second kappa shape index (κ2) is 6.49. The number of carbonyl (C=O) groups excluding carboxylic acids is 1. The molecule has 0 unspecified atom stereocenters. The minimum atomic E-state index is -0.0676. The smallest absolute Gasteiger partial charge is 0.276 e. The molecule has 1 amide bonds. The number of hydrogen-bond donors (Lipinski definition) is 0. The zero-order valence-corrected chi connectivity index (χ0v) is 13.8. The van der Waals surface area contributed by atoms with Crippen molar-refractivity contribution >= 4 is 23.5 Å². The summed E-state index contributed by atoms with van der Waals surface area (Å²) >= 11 is 5.82. The summed E-state index contributed by atoms with van der Waals surface area (Å²) in [5, 5.41) is 8.21. The van der Waals surface area contributed by atoms with Crippen molar-refractivity contribution in [1.29, 1.82) is 0 Å². The van der Waals surface area contributed by atoms with Crippen molar-refractivity contribution in [3.05, 3.63) is 29.3 Å². The van der Waals surface area contributed by atoms with Crippen molar-refractivity contribution in [2.75, 3.05) is 25.0 Å². The Bertz CT molecular complexity index is 679. The molecule has 9 heteroatoms. The molecule has 0 radical (unpaired) electrons. The highest BCUT2D eigenvalue weighted by molar-refractivity contribution is 6.30. The van der Waals surface area contributed by atoms with Gasteiger partial charge in [-0.15, -0.1) is 5.10 Å². The quantitative estimate of drug-likeness (QED) is 0.832. The summed E-state index contributed by atoms with van der Waals surface area (Å²) in [4.78, 5) is 24.7. The lowest BCUT2D eigenvalue weighted by Gasteiger charge is -2.36. The van der Waals surface area contributed by atoms with Crippen LogP contribution in [0.2, 0.25) is 5.02 Å². The number of aryl methyl sites for hydroxylation is 1. The Labute approximate surface area is 139 Å². The lowest BCUT2D eigenvalue weighted by Crippen LogP contribution is -2.46. The van der Waals surface area contributed by atoms with Crippen LogP contribution in [0.4, 0.5) is 5.95 Å². The number of amides is 1. The summed E-state index contributed by atoms with van der Waals surface area (Å²) in [5.74, 6) is 0.579. The molecule has 1 saturated heterocycles. The molecule has 122 valence electrons. The van der Waals surface area contributed by atoms with Crippen LogP contribution < -0.4 is 4.90 Å². The van der Waals surface area contributed by atoms with E-state index in [4.69, 9.17) is 11.6 Å². The lowest BCUT2D eigenvalue weighted by molar-refractivity contribution is 0.0707. The number of nitrogens with zero attached hydrogens (tertiary/aromatic N) is 7. The van der Waals surface area contributed by atoms with Crippen molar-refractivity contribution < 1.29 is 4.79 Å². The summed E-state index contributed by atoms with van der Waals surface area (Å²) in [5.41, 5.74) is 0.389. The molecule has 2 aromatic heterocycles. The number of rotatable bonds is 3. The van der Waals surface area contributed by atoms with Gasteiger partial charge in [-0.3, -0.25) is 9.48 Å². The number of piperidine rings is 1. The summed E-state index contributed by atoms with van der Waals surface area (Å²) in [6.45, 7) is 1.36. The molecule has 2 aromatic rings. The molecule has 0 saturated carbocycles. The monoisotopic (exact) mass is 335 g/mol. The van der Waals surface area contributed by atoms with Gasteiger partial charge in [-0.25, -0.2) is 9.97 Å². The highest BCUT2D eigenvalue weighted by atomic mass is 35.5. The summed E-state index contributed by atoms with van der Waals surface area (Å²) in [6.07, 6.45) is 6.53. The Kier molecular flexibility index (Phi) is 4.42. The molecule has 23 heavy (non-hydrogen) atoms. The van der Waals surface area contributed by atoms with Crippen LogP contribution in [0.25, 0.3) is 0 Å². The molecule has 0 bridgehead atoms. The fourth-order valence-electron chi connectivity index (χ4n) is 2.71. The van der Waals surface area contributed by atoms with E-state index in [1.54, 1.807) is 25.6 Å². The average molecular weight is 336 g/mol. The van der Waals surface area contributed by atoms with E-state index in [0.717, 1.165) is 12.8 Å². The maximum Gasteiger partial charge on any atom is 0.276 e. The Balaban J connectivity index is 1.59. The molecule has 0 N–H and O–H groups in total. The van der Waals surface area contributed by atoms with Gasteiger partial charge in [-0.05, 0) is 12.8 Å². The summed E-state index contributed by atoms with van der Waals surface area (Å²) < 4.78 is 1.53. The number of likely N-dealkylation sites (tertiary alicyclic amines) is 1. The minimum Gasteiger partial charge on any atom is -0.341 e. The predicted molar refractivity (Wildman–Crippen MR) is 85.4 cm³/mol. The first kappa shape index (κ1) is 15.7. The van der Waals surface area contributed by atoms with Gasteiger partial charge in [0.25, 0.3) is 5.91 Å². The van der Waals surface area contributed by atoms with Crippen LogP contribution in [0.15, 0.2) is 18.6 Å². The Hall–Kier alpha value is -2.22. The van der Waals surface area contributed by atoms with E-state index in [1.165, 1.54) is 4.68 Å². The molecular weight excluding hydrogens is 318 g/mol. The van der Waals surface area contributed by atoms with Crippen molar-refractivity contribution in [3.63, 3.8) is 0 Å². The van der Waals surface area contributed by atoms with E-state index >= 15 is 0 Å². The van der Waals surface area contributed by atoms with E-state index in [9.17, 15) is 4.79 Å². The SMILES string of the molecule is CN(c1ncc(Cl)cn1)C1CCN(C(=O)c2cn(C)nn2)CC1. The van der Waals surface area contributed by atoms with Gasteiger partial charge in [-0.1, -0.05) is 16.8 Å². The zero-order chi connectivity index (χ0) is 16.4. The highest BCUT2D eigenvalue weighted by Gasteiger charge is 2.28. The minimum absolute atomic E-state index is 0.0676. The third kappa shape index (κ3) is 3.42. The van der Waals surface area contributed by atoms with Crippen molar-refractivity contribution in [3.8, 4) is 0 Å². The number of halogens is 1. The first-order valence-corrected chi connectivity index (χ1v) is 7.78. The predicted octanol–water partition coefficient (Wildman–Crippen LogP) is 0.999. The maximum atomic E-state index is 12.4. The van der Waals surface area contributed by atoms with Crippen LogP contribution >= 0.6 is 11.6 Å². The number of carbonyl (C=O) groups is 1. The van der Waals surface area contributed by atoms with Gasteiger partial charge in [0, 0.05) is 33.2 Å². The largest absolute Gasteiger partial charge is 0.341 e. The molecule has 1 aliphatic rings. The Morgan fingerprint density at radius 2 is 1.96 bits per heavy atom. The fraction of sp³-hybridized carbons (Fsp3) is 0.500. The first-order chi connectivity index (χ1) is 11.0. The van der Waals surface area contributed by atoms with Gasteiger partial charge in [0.05, 0.1) is 23.6 Å². The van der Waals surface area contributed by atoms with Gasteiger partial charge >= 0.3 is 0 Å². The molecule has 0 atom stereocenters. The number of anilines is 1. The lowest BCUT2D eigenvalue weighted by atomic mass is 10.0.